The Labute approximate surface area is 87.8 Å². The van der Waals surface area contributed by atoms with Gasteiger partial charge >= 0.3 is 11.9 Å². The maximum atomic E-state index is 10.9. The van der Waals surface area contributed by atoms with Crippen molar-refractivity contribution in [1.29, 1.82) is 0 Å². The molecule has 0 N–H and O–H groups in total. The molecule has 0 amide bonds. The van der Waals surface area contributed by atoms with Gasteiger partial charge in [0.1, 0.15) is 5.75 Å². The number of esters is 2. The van der Waals surface area contributed by atoms with Crippen molar-refractivity contribution < 1.29 is 19.1 Å². The second kappa shape index (κ2) is 5.14. The van der Waals surface area contributed by atoms with Crippen LogP contribution in [0.4, 0.5) is 0 Å². The van der Waals surface area contributed by atoms with Crippen LogP contribution < -0.4 is 4.74 Å². The molecule has 0 bridgehead atoms. The Morgan fingerprint density at radius 3 is 2.27 bits per heavy atom. The van der Waals surface area contributed by atoms with E-state index in [9.17, 15) is 9.59 Å². The minimum absolute atomic E-state index is 0.219. The Morgan fingerprint density at radius 1 is 1.20 bits per heavy atom. The Balaban J connectivity index is 2.64. The first-order valence-corrected chi connectivity index (χ1v) is 4.46. The highest BCUT2D eigenvalue weighted by Crippen LogP contribution is 2.12. The summed E-state index contributed by atoms with van der Waals surface area (Å²) >= 11 is 0. The maximum absolute atomic E-state index is 10.9. The monoisotopic (exact) mass is 208 g/mol. The van der Waals surface area contributed by atoms with Gasteiger partial charge in [-0.15, -0.1) is 0 Å². The lowest BCUT2D eigenvalue weighted by Gasteiger charge is -2.02. The number of ether oxygens (including phenoxy) is 2. The third kappa shape index (κ3) is 3.81. The summed E-state index contributed by atoms with van der Waals surface area (Å²) in [4.78, 5) is 21.6. The molecule has 1 rings (SSSR count). The van der Waals surface area contributed by atoms with Gasteiger partial charge in [-0.25, -0.2) is 0 Å². The van der Waals surface area contributed by atoms with Crippen LogP contribution >= 0.6 is 0 Å². The molecule has 1 aromatic carbocycles. The van der Waals surface area contributed by atoms with E-state index in [1.807, 2.05) is 0 Å². The molecule has 0 radical (unpaired) electrons. The Hall–Kier alpha value is -1.84. The van der Waals surface area contributed by atoms with E-state index in [4.69, 9.17) is 4.74 Å². The number of hydrogen-bond acceptors (Lipinski definition) is 4. The third-order valence-electron chi connectivity index (χ3n) is 1.76. The highest BCUT2D eigenvalue weighted by Gasteiger charge is 2.03. The molecule has 0 spiro atoms. The molecule has 0 aliphatic carbocycles. The van der Waals surface area contributed by atoms with Crippen LogP contribution in [0.2, 0.25) is 0 Å². The van der Waals surface area contributed by atoms with E-state index >= 15 is 0 Å². The number of rotatable bonds is 3. The lowest BCUT2D eigenvalue weighted by atomic mass is 10.1. The lowest BCUT2D eigenvalue weighted by Crippen LogP contribution is -2.05. The zero-order valence-electron chi connectivity index (χ0n) is 8.65. The van der Waals surface area contributed by atoms with Crippen molar-refractivity contribution in [2.45, 2.75) is 13.3 Å². The molecule has 0 aliphatic heterocycles. The third-order valence-corrected chi connectivity index (χ3v) is 1.76. The molecule has 0 unspecified atom stereocenters. The number of hydrogen-bond donors (Lipinski definition) is 0. The first-order valence-electron chi connectivity index (χ1n) is 4.46. The molecule has 0 heterocycles. The minimum Gasteiger partial charge on any atom is -0.469 e. The van der Waals surface area contributed by atoms with Gasteiger partial charge in [0.2, 0.25) is 0 Å². The van der Waals surface area contributed by atoms with Crippen LogP contribution in [0.25, 0.3) is 0 Å². The topological polar surface area (TPSA) is 52.6 Å². The second-order valence-electron chi connectivity index (χ2n) is 2.99. The number of carbonyl (C=O) groups is 2. The highest BCUT2D eigenvalue weighted by molar-refractivity contribution is 5.72. The summed E-state index contributed by atoms with van der Waals surface area (Å²) in [6, 6.07) is 6.71. The molecule has 80 valence electrons. The van der Waals surface area contributed by atoms with Crippen molar-refractivity contribution in [3.05, 3.63) is 29.8 Å². The molecule has 15 heavy (non-hydrogen) atoms. The van der Waals surface area contributed by atoms with Crippen molar-refractivity contribution in [2.75, 3.05) is 7.11 Å². The van der Waals surface area contributed by atoms with E-state index in [2.05, 4.69) is 4.74 Å². The molecule has 0 atom stereocenters. The maximum Gasteiger partial charge on any atom is 0.309 e. The molecule has 1 aromatic rings. The van der Waals surface area contributed by atoms with Gasteiger partial charge in [0.05, 0.1) is 13.5 Å². The van der Waals surface area contributed by atoms with Crippen molar-refractivity contribution >= 4 is 11.9 Å². The summed E-state index contributed by atoms with van der Waals surface area (Å²) in [7, 11) is 1.34. The summed E-state index contributed by atoms with van der Waals surface area (Å²) < 4.78 is 9.37. The van der Waals surface area contributed by atoms with Gasteiger partial charge < -0.3 is 9.47 Å². The normalized spacial score (nSPS) is 9.47. The molecule has 0 saturated carbocycles. The van der Waals surface area contributed by atoms with Gasteiger partial charge in [-0.3, -0.25) is 9.59 Å². The van der Waals surface area contributed by atoms with E-state index in [-0.39, 0.29) is 18.4 Å². The predicted molar refractivity (Wildman–Crippen MR) is 53.5 cm³/mol. The molecule has 0 fully saturated rings. The highest BCUT2D eigenvalue weighted by atomic mass is 16.5. The second-order valence-corrected chi connectivity index (χ2v) is 2.99. The Bertz CT molecular complexity index is 353. The summed E-state index contributed by atoms with van der Waals surface area (Å²) in [6.07, 6.45) is 0.219. The van der Waals surface area contributed by atoms with Gasteiger partial charge in [0, 0.05) is 6.92 Å². The average molecular weight is 208 g/mol. The van der Waals surface area contributed by atoms with Crippen LogP contribution in [0.15, 0.2) is 24.3 Å². The fraction of sp³-hybridized carbons (Fsp3) is 0.273. The van der Waals surface area contributed by atoms with Crippen molar-refractivity contribution in [3.63, 3.8) is 0 Å². The lowest BCUT2D eigenvalue weighted by molar-refractivity contribution is -0.139. The summed E-state index contributed by atoms with van der Waals surface area (Å²) in [5.41, 5.74) is 0.817. The first kappa shape index (κ1) is 11.2. The minimum atomic E-state index is -0.365. The van der Waals surface area contributed by atoms with Gasteiger partial charge in [0.15, 0.2) is 0 Å². The number of methoxy groups -OCH3 is 1. The summed E-state index contributed by atoms with van der Waals surface area (Å²) in [6.45, 7) is 1.34. The smallest absolute Gasteiger partial charge is 0.309 e. The van der Waals surface area contributed by atoms with Crippen molar-refractivity contribution in [1.82, 2.24) is 0 Å². The van der Waals surface area contributed by atoms with E-state index in [0.717, 1.165) is 5.56 Å². The molecule has 4 heteroatoms. The van der Waals surface area contributed by atoms with Gasteiger partial charge in [-0.05, 0) is 17.7 Å². The van der Waals surface area contributed by atoms with E-state index in [1.165, 1.54) is 14.0 Å². The Kier molecular flexibility index (Phi) is 3.85. The molecule has 0 aromatic heterocycles. The van der Waals surface area contributed by atoms with Gasteiger partial charge in [-0.2, -0.15) is 0 Å². The molecular weight excluding hydrogens is 196 g/mol. The largest absolute Gasteiger partial charge is 0.469 e. The van der Waals surface area contributed by atoms with E-state index in [0.29, 0.717) is 5.75 Å². The van der Waals surface area contributed by atoms with Crippen molar-refractivity contribution in [2.24, 2.45) is 0 Å². The molecule has 4 nitrogen and oxygen atoms in total. The zero-order chi connectivity index (χ0) is 11.3. The average Bonchev–Trinajstić information content (AvgIpc) is 2.20. The van der Waals surface area contributed by atoms with Crippen LogP contribution in [0.3, 0.4) is 0 Å². The van der Waals surface area contributed by atoms with Gasteiger partial charge in [-0.1, -0.05) is 12.1 Å². The van der Waals surface area contributed by atoms with Crippen LogP contribution in [0.1, 0.15) is 12.5 Å². The zero-order valence-corrected chi connectivity index (χ0v) is 8.65. The van der Waals surface area contributed by atoms with Crippen LogP contribution in [-0.2, 0) is 20.7 Å². The predicted octanol–water partition coefficient (Wildman–Crippen LogP) is 1.33. The SMILES string of the molecule is COC(=O)Cc1ccc(OC(C)=O)cc1. The van der Waals surface area contributed by atoms with Gasteiger partial charge in [0.25, 0.3) is 0 Å². The van der Waals surface area contributed by atoms with Crippen LogP contribution in [0.5, 0.6) is 5.75 Å². The van der Waals surface area contributed by atoms with E-state index in [1.54, 1.807) is 24.3 Å². The quantitative estimate of drug-likeness (QED) is 0.555. The van der Waals surface area contributed by atoms with Crippen molar-refractivity contribution in [3.8, 4) is 5.75 Å². The molecule has 0 saturated heterocycles. The standard InChI is InChI=1S/C11H12O4/c1-8(12)15-10-5-3-9(4-6-10)7-11(13)14-2/h3-6H,7H2,1-2H3. The number of carbonyl (C=O) groups excluding carboxylic acids is 2. The summed E-state index contributed by atoms with van der Waals surface area (Å²) in [5.74, 6) is -0.193. The molecular formula is C11H12O4. The van der Waals surface area contributed by atoms with E-state index < -0.39 is 0 Å². The summed E-state index contributed by atoms with van der Waals surface area (Å²) in [5, 5.41) is 0. The van der Waals surface area contributed by atoms with Crippen LogP contribution in [-0.4, -0.2) is 19.0 Å². The Morgan fingerprint density at radius 2 is 1.80 bits per heavy atom. The number of benzene rings is 1. The first-order chi connectivity index (χ1) is 7.11. The fourth-order valence-electron chi connectivity index (χ4n) is 1.08. The van der Waals surface area contributed by atoms with Crippen LogP contribution in [0, 0.1) is 0 Å². The molecule has 0 aliphatic rings. The fourth-order valence-corrected chi connectivity index (χ4v) is 1.08.